The van der Waals surface area contributed by atoms with Crippen LogP contribution in [0, 0.1) is 11.8 Å². The molecule has 0 saturated carbocycles. The van der Waals surface area contributed by atoms with Gasteiger partial charge in [-0.1, -0.05) is 140 Å². The van der Waals surface area contributed by atoms with Gasteiger partial charge in [0.1, 0.15) is 11.9 Å². The molecular formula is C53H45NO. The zero-order valence-corrected chi connectivity index (χ0v) is 31.2. The van der Waals surface area contributed by atoms with Crippen molar-refractivity contribution in [1.82, 2.24) is 0 Å². The summed E-state index contributed by atoms with van der Waals surface area (Å²) in [5.41, 5.74) is 18.1. The van der Waals surface area contributed by atoms with E-state index in [9.17, 15) is 0 Å². The third kappa shape index (κ3) is 4.46. The SMILES string of the molecule is C1=CC(C2CC(C3C4=C(C=CC4C4(c5ccccc5)C5=C(C=CCC5)c5ccccc54)c4ccccc43)N=C2c2cccc3c2OC2C=CCCC32)=CCC1. The van der Waals surface area contributed by atoms with Gasteiger partial charge in [0.05, 0.1) is 17.2 Å². The molecule has 8 aliphatic rings. The number of nitrogens with zero attached hydrogens (tertiary/aromatic N) is 1. The Bertz CT molecular complexity index is 2540. The van der Waals surface area contributed by atoms with E-state index in [4.69, 9.17) is 9.73 Å². The van der Waals surface area contributed by atoms with Crippen LogP contribution in [0.25, 0.3) is 11.1 Å². The highest BCUT2D eigenvalue weighted by Crippen LogP contribution is 2.65. The van der Waals surface area contributed by atoms with Crippen LogP contribution in [0.4, 0.5) is 0 Å². The Kier molecular flexibility index (Phi) is 7.10. The predicted molar refractivity (Wildman–Crippen MR) is 225 cm³/mol. The number of hydrogen-bond acceptors (Lipinski definition) is 2. The molecule has 0 bridgehead atoms. The van der Waals surface area contributed by atoms with E-state index in [0.717, 1.165) is 50.7 Å². The van der Waals surface area contributed by atoms with E-state index in [1.807, 2.05) is 0 Å². The molecule has 2 nitrogen and oxygen atoms in total. The minimum Gasteiger partial charge on any atom is -0.485 e. The molecule has 0 amide bonds. The van der Waals surface area contributed by atoms with Gasteiger partial charge in [-0.05, 0) is 113 Å². The van der Waals surface area contributed by atoms with Crippen LogP contribution in [0.5, 0.6) is 5.75 Å². The van der Waals surface area contributed by atoms with Crippen molar-refractivity contribution in [2.24, 2.45) is 16.8 Å². The molecule has 2 aliphatic heterocycles. The molecule has 6 aliphatic carbocycles. The van der Waals surface area contributed by atoms with Crippen molar-refractivity contribution in [2.75, 3.05) is 0 Å². The van der Waals surface area contributed by atoms with Crippen molar-refractivity contribution in [2.45, 2.75) is 74.3 Å². The standard InChI is InChI=1S/C53H45NO/c1-3-16-33(17-4-1)43-32-47(54-51(43)42-26-15-25-41-38-23-11-14-29-48(38)55-52(41)42)50-39-24-8-7-20-35(39)40-30-31-46(49(40)50)53(34-18-5-2-6-19-34)44-27-12-9-21-36(44)37-22-10-13-28-45(37)53/h2-3,5-10,12,14-22,24-27,29-31,38,43,46-48,50H,1,4,11,13,23,28,32H2. The van der Waals surface area contributed by atoms with Crippen LogP contribution in [0.1, 0.15) is 95.7 Å². The third-order valence-electron chi connectivity index (χ3n) is 14.3. The molecule has 0 saturated heterocycles. The summed E-state index contributed by atoms with van der Waals surface area (Å²) < 4.78 is 6.87. The van der Waals surface area contributed by atoms with Gasteiger partial charge in [0.2, 0.25) is 0 Å². The second-order valence-corrected chi connectivity index (χ2v) is 16.8. The van der Waals surface area contributed by atoms with Crippen molar-refractivity contribution in [3.05, 3.63) is 207 Å². The minimum atomic E-state index is -0.289. The summed E-state index contributed by atoms with van der Waals surface area (Å²) in [6.45, 7) is 0. The highest BCUT2D eigenvalue weighted by molar-refractivity contribution is 6.08. The molecular weight excluding hydrogens is 667 g/mol. The summed E-state index contributed by atoms with van der Waals surface area (Å²) in [6, 6.07) is 37.1. The van der Waals surface area contributed by atoms with Crippen molar-refractivity contribution >= 4 is 16.9 Å². The monoisotopic (exact) mass is 711 g/mol. The van der Waals surface area contributed by atoms with Gasteiger partial charge >= 0.3 is 0 Å². The second kappa shape index (κ2) is 12.3. The van der Waals surface area contributed by atoms with Crippen LogP contribution in [-0.4, -0.2) is 17.9 Å². The molecule has 12 rings (SSSR count). The molecule has 0 aromatic heterocycles. The number of fused-ring (bicyclic) bond motifs is 7. The number of para-hydroxylation sites is 1. The van der Waals surface area contributed by atoms with E-state index in [0.29, 0.717) is 5.92 Å². The average Bonchev–Trinajstić information content (AvgIpc) is 4.07. The lowest BCUT2D eigenvalue weighted by atomic mass is 9.59. The summed E-state index contributed by atoms with van der Waals surface area (Å²) >= 11 is 0. The van der Waals surface area contributed by atoms with Gasteiger partial charge in [0.25, 0.3) is 0 Å². The van der Waals surface area contributed by atoms with E-state index in [1.54, 1.807) is 11.1 Å². The van der Waals surface area contributed by atoms with Crippen LogP contribution in [0.3, 0.4) is 0 Å². The van der Waals surface area contributed by atoms with Gasteiger partial charge in [0, 0.05) is 34.8 Å². The molecule has 0 spiro atoms. The molecule has 0 radical (unpaired) electrons. The largest absolute Gasteiger partial charge is 0.485 e. The van der Waals surface area contributed by atoms with E-state index < -0.39 is 0 Å². The number of aliphatic imine (C=N–C) groups is 1. The lowest BCUT2D eigenvalue weighted by Gasteiger charge is -2.43. The van der Waals surface area contributed by atoms with Crippen molar-refractivity contribution in [3.63, 3.8) is 0 Å². The average molecular weight is 712 g/mol. The first kappa shape index (κ1) is 31.8. The first-order chi connectivity index (χ1) is 27.3. The number of benzene rings is 4. The highest BCUT2D eigenvalue weighted by atomic mass is 16.5. The topological polar surface area (TPSA) is 21.6 Å². The summed E-state index contributed by atoms with van der Waals surface area (Å²) in [7, 11) is 0. The Balaban J connectivity index is 1.05. The van der Waals surface area contributed by atoms with Crippen LogP contribution < -0.4 is 4.74 Å². The maximum atomic E-state index is 6.87. The zero-order chi connectivity index (χ0) is 36.1. The Morgan fingerprint density at radius 1 is 0.655 bits per heavy atom. The van der Waals surface area contributed by atoms with E-state index in [1.165, 1.54) is 61.4 Å². The molecule has 0 N–H and O–H groups in total. The lowest BCUT2D eigenvalue weighted by molar-refractivity contribution is 0.244. The number of rotatable bonds is 5. The Hall–Kier alpha value is -5.47. The molecule has 2 heterocycles. The fraction of sp³-hybridized carbons (Fsp3) is 0.264. The van der Waals surface area contributed by atoms with Crippen LogP contribution >= 0.6 is 0 Å². The lowest BCUT2D eigenvalue weighted by Crippen LogP contribution is -2.38. The van der Waals surface area contributed by atoms with Gasteiger partial charge in [-0.25, -0.2) is 0 Å². The summed E-state index contributed by atoms with van der Waals surface area (Å²) in [4.78, 5) is 5.99. The zero-order valence-electron chi connectivity index (χ0n) is 31.2. The van der Waals surface area contributed by atoms with Crippen LogP contribution in [-0.2, 0) is 5.41 Å². The van der Waals surface area contributed by atoms with E-state index >= 15 is 0 Å². The van der Waals surface area contributed by atoms with E-state index in [2.05, 4.69) is 152 Å². The smallest absolute Gasteiger partial charge is 0.132 e. The number of hydrogen-bond donors (Lipinski definition) is 0. The molecule has 268 valence electrons. The molecule has 55 heavy (non-hydrogen) atoms. The second-order valence-electron chi connectivity index (χ2n) is 16.8. The summed E-state index contributed by atoms with van der Waals surface area (Å²) in [5, 5.41) is 0. The van der Waals surface area contributed by atoms with Gasteiger partial charge in [-0.15, -0.1) is 0 Å². The molecule has 4 aromatic rings. The molecule has 0 fully saturated rings. The van der Waals surface area contributed by atoms with Crippen molar-refractivity contribution in [3.8, 4) is 5.75 Å². The highest BCUT2D eigenvalue weighted by Gasteiger charge is 2.56. The molecule has 4 aromatic carbocycles. The fourth-order valence-electron chi connectivity index (χ4n) is 12.2. The molecule has 7 unspecified atom stereocenters. The Morgan fingerprint density at radius 2 is 1.47 bits per heavy atom. The minimum absolute atomic E-state index is 0.107. The Labute approximate surface area is 324 Å². The van der Waals surface area contributed by atoms with Gasteiger partial charge in [-0.3, -0.25) is 4.99 Å². The van der Waals surface area contributed by atoms with Crippen molar-refractivity contribution in [1.29, 1.82) is 0 Å². The number of allylic oxidation sites excluding steroid dienone is 12. The van der Waals surface area contributed by atoms with Crippen LogP contribution in [0.15, 0.2) is 173 Å². The van der Waals surface area contributed by atoms with E-state index in [-0.39, 0.29) is 35.3 Å². The van der Waals surface area contributed by atoms with Gasteiger partial charge in [-0.2, -0.15) is 0 Å². The first-order valence-electron chi connectivity index (χ1n) is 20.8. The fourth-order valence-corrected chi connectivity index (χ4v) is 12.2. The van der Waals surface area contributed by atoms with Crippen molar-refractivity contribution < 1.29 is 4.74 Å². The van der Waals surface area contributed by atoms with Gasteiger partial charge in [0.15, 0.2) is 0 Å². The van der Waals surface area contributed by atoms with Gasteiger partial charge < -0.3 is 4.74 Å². The normalized spacial score (nSPS) is 30.4. The first-order valence-corrected chi connectivity index (χ1v) is 20.8. The number of ether oxygens (including phenoxy) is 1. The maximum Gasteiger partial charge on any atom is 0.132 e. The van der Waals surface area contributed by atoms with Crippen LogP contribution in [0.2, 0.25) is 0 Å². The summed E-state index contributed by atoms with van der Waals surface area (Å²) in [5.74, 6) is 2.10. The predicted octanol–water partition coefficient (Wildman–Crippen LogP) is 12.2. The Morgan fingerprint density at radius 3 is 2.38 bits per heavy atom. The molecule has 7 atom stereocenters. The molecule has 2 heteroatoms. The summed E-state index contributed by atoms with van der Waals surface area (Å²) in [6.07, 6.45) is 29.5. The third-order valence-corrected chi connectivity index (χ3v) is 14.3. The maximum absolute atomic E-state index is 6.87. The quantitative estimate of drug-likeness (QED) is 0.189.